The van der Waals surface area contributed by atoms with Gasteiger partial charge in [0.25, 0.3) is 0 Å². The summed E-state index contributed by atoms with van der Waals surface area (Å²) in [6, 6.07) is 18.6. The van der Waals surface area contributed by atoms with Crippen molar-refractivity contribution in [2.75, 3.05) is 6.61 Å². The van der Waals surface area contributed by atoms with Crippen LogP contribution in [0.2, 0.25) is 0 Å². The molecule has 2 aromatic carbocycles. The van der Waals surface area contributed by atoms with E-state index in [-0.39, 0.29) is 12.4 Å². The molecule has 0 unspecified atom stereocenters. The van der Waals surface area contributed by atoms with Gasteiger partial charge in [-0.1, -0.05) is 72.8 Å². The molecule has 0 aliphatic heterocycles. The van der Waals surface area contributed by atoms with Crippen LogP contribution < -0.4 is 0 Å². The van der Waals surface area contributed by atoms with Gasteiger partial charge in [-0.25, -0.2) is 0 Å². The Kier molecular flexibility index (Phi) is 11.1. The van der Waals surface area contributed by atoms with Gasteiger partial charge in [0.2, 0.25) is 0 Å². The highest BCUT2D eigenvalue weighted by Gasteiger charge is 2.06. The Morgan fingerprint density at radius 3 is 1.48 bits per heavy atom. The van der Waals surface area contributed by atoms with Crippen LogP contribution in [0.25, 0.3) is 0 Å². The molecular formula is C19H22O2. The minimum atomic E-state index is 0.0752. The number of carbonyl (C=O) groups is 1. The summed E-state index contributed by atoms with van der Waals surface area (Å²) in [5.74, 6) is 0.0752. The Labute approximate surface area is 127 Å². The molecule has 0 saturated carbocycles. The van der Waals surface area contributed by atoms with Crippen LogP contribution in [0.4, 0.5) is 0 Å². The second-order valence-electron chi connectivity index (χ2n) is 3.94. The van der Waals surface area contributed by atoms with E-state index in [1.165, 1.54) is 6.08 Å². The van der Waals surface area contributed by atoms with Gasteiger partial charge < -0.3 is 5.11 Å². The van der Waals surface area contributed by atoms with Gasteiger partial charge in [-0.2, -0.15) is 0 Å². The number of rotatable bonds is 3. The Morgan fingerprint density at radius 2 is 1.24 bits per heavy atom. The van der Waals surface area contributed by atoms with E-state index in [1.54, 1.807) is 6.08 Å². The summed E-state index contributed by atoms with van der Waals surface area (Å²) in [6.07, 6.45) is 3.18. The molecule has 0 aliphatic rings. The Morgan fingerprint density at radius 1 is 0.952 bits per heavy atom. The minimum absolute atomic E-state index is 0.0752. The monoisotopic (exact) mass is 282 g/mol. The zero-order valence-electron chi connectivity index (χ0n) is 12.4. The summed E-state index contributed by atoms with van der Waals surface area (Å²) in [5, 5.41) is 7.76. The lowest BCUT2D eigenvalue weighted by molar-refractivity contribution is 0.103. The number of benzene rings is 2. The predicted molar refractivity (Wildman–Crippen MR) is 89.5 cm³/mol. The third-order valence-corrected chi connectivity index (χ3v) is 2.20. The number of hydrogen-bond donors (Lipinski definition) is 1. The van der Waals surface area contributed by atoms with Crippen LogP contribution >= 0.6 is 0 Å². The summed E-state index contributed by atoms with van der Waals surface area (Å²) in [4.78, 5) is 11.8. The molecule has 0 spiro atoms. The Bertz CT molecular complexity index is 474. The standard InChI is InChI=1S/C13H10O.C3H6O.C3H6/c14-13(11-7-3-1-4-8-11)12-9-5-2-6-10-12;1-2-3-4;1-3-2/h1-10H;2,4H,1,3H2;3H,1H2,2H3. The Hall–Kier alpha value is -2.45. The summed E-state index contributed by atoms with van der Waals surface area (Å²) in [7, 11) is 0. The highest BCUT2D eigenvalue weighted by atomic mass is 16.2. The van der Waals surface area contributed by atoms with Crippen molar-refractivity contribution in [3.8, 4) is 0 Å². The van der Waals surface area contributed by atoms with Gasteiger partial charge in [-0.15, -0.1) is 13.2 Å². The molecule has 0 fully saturated rings. The third kappa shape index (κ3) is 8.35. The highest BCUT2D eigenvalue weighted by Crippen LogP contribution is 2.08. The lowest BCUT2D eigenvalue weighted by Gasteiger charge is -1.99. The van der Waals surface area contributed by atoms with Crippen LogP contribution in [-0.2, 0) is 0 Å². The van der Waals surface area contributed by atoms with Gasteiger partial charge in [0, 0.05) is 11.1 Å². The maximum atomic E-state index is 11.8. The maximum Gasteiger partial charge on any atom is 0.193 e. The number of aliphatic hydroxyl groups is 1. The molecular weight excluding hydrogens is 260 g/mol. The summed E-state index contributed by atoms with van der Waals surface area (Å²) in [5.41, 5.74) is 1.47. The molecule has 21 heavy (non-hydrogen) atoms. The zero-order valence-corrected chi connectivity index (χ0v) is 12.4. The molecule has 2 rings (SSSR count). The van der Waals surface area contributed by atoms with E-state index < -0.39 is 0 Å². The van der Waals surface area contributed by atoms with Gasteiger partial charge in [0.05, 0.1) is 6.61 Å². The molecule has 0 saturated heterocycles. The first-order valence-corrected chi connectivity index (χ1v) is 6.64. The molecule has 2 aromatic rings. The van der Waals surface area contributed by atoms with E-state index >= 15 is 0 Å². The van der Waals surface area contributed by atoms with Crippen molar-refractivity contribution in [3.05, 3.63) is 97.1 Å². The van der Waals surface area contributed by atoms with Crippen molar-refractivity contribution in [3.63, 3.8) is 0 Å². The first-order chi connectivity index (χ1) is 10.2. The molecule has 2 heteroatoms. The van der Waals surface area contributed by atoms with Crippen LogP contribution in [0.15, 0.2) is 86.0 Å². The first kappa shape index (κ1) is 18.6. The second-order valence-corrected chi connectivity index (χ2v) is 3.94. The zero-order chi connectivity index (χ0) is 15.9. The van der Waals surface area contributed by atoms with E-state index in [4.69, 9.17) is 5.11 Å². The van der Waals surface area contributed by atoms with Crippen molar-refractivity contribution >= 4 is 5.78 Å². The number of carbonyl (C=O) groups excluding carboxylic acids is 1. The van der Waals surface area contributed by atoms with Crippen LogP contribution in [-0.4, -0.2) is 17.5 Å². The van der Waals surface area contributed by atoms with Gasteiger partial charge in [-0.3, -0.25) is 4.79 Å². The number of allylic oxidation sites excluding steroid dienone is 1. The lowest BCUT2D eigenvalue weighted by Crippen LogP contribution is -1.99. The van der Waals surface area contributed by atoms with Crippen LogP contribution in [0, 0.1) is 0 Å². The molecule has 0 heterocycles. The van der Waals surface area contributed by atoms with Gasteiger partial charge in [0.15, 0.2) is 5.78 Å². The van der Waals surface area contributed by atoms with Crippen molar-refractivity contribution in [2.45, 2.75) is 6.92 Å². The largest absolute Gasteiger partial charge is 0.392 e. The molecule has 0 aliphatic carbocycles. The highest BCUT2D eigenvalue weighted by molar-refractivity contribution is 6.08. The van der Waals surface area contributed by atoms with E-state index in [9.17, 15) is 4.79 Å². The molecule has 0 aromatic heterocycles. The molecule has 110 valence electrons. The molecule has 0 atom stereocenters. The molecule has 1 N–H and O–H groups in total. The summed E-state index contributed by atoms with van der Waals surface area (Å²) < 4.78 is 0. The minimum Gasteiger partial charge on any atom is -0.392 e. The predicted octanol–water partition coefficient (Wildman–Crippen LogP) is 4.27. The van der Waals surface area contributed by atoms with Gasteiger partial charge in [-0.05, 0) is 6.92 Å². The summed E-state index contributed by atoms with van der Waals surface area (Å²) >= 11 is 0. The van der Waals surface area contributed by atoms with Crippen molar-refractivity contribution in [1.82, 2.24) is 0 Å². The fraction of sp³-hybridized carbons (Fsp3) is 0.105. The lowest BCUT2D eigenvalue weighted by atomic mass is 10.0. The van der Waals surface area contributed by atoms with E-state index in [1.807, 2.05) is 67.6 Å². The number of ketones is 1. The average Bonchev–Trinajstić information content (AvgIpc) is 2.57. The van der Waals surface area contributed by atoms with Gasteiger partial charge >= 0.3 is 0 Å². The van der Waals surface area contributed by atoms with Crippen molar-refractivity contribution in [1.29, 1.82) is 0 Å². The fourth-order valence-corrected chi connectivity index (χ4v) is 1.35. The molecule has 0 radical (unpaired) electrons. The fourth-order valence-electron chi connectivity index (χ4n) is 1.35. The number of hydrogen-bond acceptors (Lipinski definition) is 2. The van der Waals surface area contributed by atoms with E-state index in [0.717, 1.165) is 11.1 Å². The average molecular weight is 282 g/mol. The van der Waals surface area contributed by atoms with E-state index in [0.29, 0.717) is 0 Å². The Balaban J connectivity index is 0.000000486. The quantitative estimate of drug-likeness (QED) is 0.674. The van der Waals surface area contributed by atoms with Crippen LogP contribution in [0.3, 0.4) is 0 Å². The molecule has 0 bridgehead atoms. The van der Waals surface area contributed by atoms with Crippen molar-refractivity contribution < 1.29 is 9.90 Å². The molecule has 0 amide bonds. The summed E-state index contributed by atoms with van der Waals surface area (Å²) in [6.45, 7) is 8.56. The second kappa shape index (κ2) is 12.6. The topological polar surface area (TPSA) is 37.3 Å². The maximum absolute atomic E-state index is 11.8. The van der Waals surface area contributed by atoms with Gasteiger partial charge in [0.1, 0.15) is 0 Å². The van der Waals surface area contributed by atoms with E-state index in [2.05, 4.69) is 13.2 Å². The van der Waals surface area contributed by atoms with Crippen LogP contribution in [0.1, 0.15) is 22.8 Å². The SMILES string of the molecule is C=CC.C=CCO.O=C(c1ccccc1)c1ccccc1. The first-order valence-electron chi connectivity index (χ1n) is 6.64. The smallest absolute Gasteiger partial charge is 0.193 e. The number of aliphatic hydroxyl groups excluding tert-OH is 1. The van der Waals surface area contributed by atoms with Crippen molar-refractivity contribution in [2.24, 2.45) is 0 Å². The normalized spacial score (nSPS) is 8.29. The van der Waals surface area contributed by atoms with Crippen LogP contribution in [0.5, 0.6) is 0 Å². The molecule has 2 nitrogen and oxygen atoms in total. The third-order valence-electron chi connectivity index (χ3n) is 2.20.